The highest BCUT2D eigenvalue weighted by atomic mass is 16.6. The zero-order chi connectivity index (χ0) is 15.2. The van der Waals surface area contributed by atoms with Crippen LogP contribution in [0.3, 0.4) is 0 Å². The lowest BCUT2D eigenvalue weighted by Gasteiger charge is -2.09. The standard InChI is InChI=1S/C15H13NO5/c17-7-6-12-8-13(9-14(15(12)18)16(19)20)21-10-11-4-2-1-3-5-11/h1-5,7-9,18H,6,10H2. The molecule has 0 bridgehead atoms. The molecule has 0 amide bonds. The Hall–Kier alpha value is -2.89. The van der Waals surface area contributed by atoms with E-state index in [2.05, 4.69) is 0 Å². The molecule has 1 N–H and O–H groups in total. The first kappa shape index (κ1) is 14.5. The number of rotatable bonds is 6. The van der Waals surface area contributed by atoms with Gasteiger partial charge < -0.3 is 14.6 Å². The maximum atomic E-state index is 10.9. The van der Waals surface area contributed by atoms with E-state index in [9.17, 15) is 20.0 Å². The topological polar surface area (TPSA) is 89.7 Å². The van der Waals surface area contributed by atoms with Gasteiger partial charge in [-0.15, -0.1) is 0 Å². The number of phenolic OH excluding ortho intramolecular Hbond substituents is 1. The summed E-state index contributed by atoms with van der Waals surface area (Å²) in [4.78, 5) is 20.8. The molecule has 0 fully saturated rings. The number of aldehydes is 1. The van der Waals surface area contributed by atoms with Gasteiger partial charge in [-0.1, -0.05) is 30.3 Å². The molecule has 0 aliphatic rings. The van der Waals surface area contributed by atoms with E-state index in [0.717, 1.165) is 11.6 Å². The molecule has 0 atom stereocenters. The van der Waals surface area contributed by atoms with Gasteiger partial charge in [0.2, 0.25) is 0 Å². The smallest absolute Gasteiger partial charge is 0.314 e. The summed E-state index contributed by atoms with van der Waals surface area (Å²) in [5.74, 6) is -0.264. The molecule has 0 aliphatic carbocycles. The van der Waals surface area contributed by atoms with Gasteiger partial charge in [-0.25, -0.2) is 0 Å². The molecule has 21 heavy (non-hydrogen) atoms. The minimum absolute atomic E-state index is 0.116. The number of benzene rings is 2. The normalized spacial score (nSPS) is 10.1. The van der Waals surface area contributed by atoms with E-state index in [-0.39, 0.29) is 24.3 Å². The first-order chi connectivity index (χ1) is 10.1. The summed E-state index contributed by atoms with van der Waals surface area (Å²) >= 11 is 0. The Bertz CT molecular complexity index is 655. The molecule has 108 valence electrons. The summed E-state index contributed by atoms with van der Waals surface area (Å²) in [5, 5.41) is 20.7. The number of hydrogen-bond acceptors (Lipinski definition) is 5. The van der Waals surface area contributed by atoms with Crippen LogP contribution in [0.1, 0.15) is 11.1 Å². The Labute approximate surface area is 120 Å². The molecule has 2 rings (SSSR count). The fourth-order valence-electron chi connectivity index (χ4n) is 1.86. The van der Waals surface area contributed by atoms with Gasteiger partial charge in [0.1, 0.15) is 18.6 Å². The van der Waals surface area contributed by atoms with Crippen molar-refractivity contribution in [2.75, 3.05) is 0 Å². The van der Waals surface area contributed by atoms with Crippen molar-refractivity contribution in [3.63, 3.8) is 0 Å². The second-order valence-electron chi connectivity index (χ2n) is 4.35. The molecule has 2 aromatic carbocycles. The van der Waals surface area contributed by atoms with Crippen molar-refractivity contribution in [3.05, 3.63) is 63.7 Å². The quantitative estimate of drug-likeness (QED) is 0.501. The van der Waals surface area contributed by atoms with Gasteiger partial charge in [0.15, 0.2) is 5.75 Å². The summed E-state index contributed by atoms with van der Waals surface area (Å²) in [6, 6.07) is 11.9. The lowest BCUT2D eigenvalue weighted by molar-refractivity contribution is -0.386. The van der Waals surface area contributed by atoms with Crippen LogP contribution in [0.5, 0.6) is 11.5 Å². The fourth-order valence-corrected chi connectivity index (χ4v) is 1.86. The minimum Gasteiger partial charge on any atom is -0.502 e. The average molecular weight is 287 g/mol. The highest BCUT2D eigenvalue weighted by Crippen LogP contribution is 2.34. The van der Waals surface area contributed by atoms with Gasteiger partial charge in [-0.3, -0.25) is 10.1 Å². The van der Waals surface area contributed by atoms with Crippen molar-refractivity contribution >= 4 is 12.0 Å². The van der Waals surface area contributed by atoms with Crippen LogP contribution in [0.25, 0.3) is 0 Å². The second kappa shape index (κ2) is 6.51. The number of phenols is 1. The molecule has 0 spiro atoms. The maximum absolute atomic E-state index is 10.9. The van der Waals surface area contributed by atoms with Crippen LogP contribution in [-0.2, 0) is 17.8 Å². The van der Waals surface area contributed by atoms with Crippen LogP contribution in [-0.4, -0.2) is 16.3 Å². The molecule has 0 saturated heterocycles. The van der Waals surface area contributed by atoms with E-state index < -0.39 is 16.4 Å². The van der Waals surface area contributed by atoms with E-state index in [4.69, 9.17) is 4.74 Å². The summed E-state index contributed by atoms with van der Waals surface area (Å²) in [5.41, 5.74) is 0.602. The molecule has 0 aliphatic heterocycles. The van der Waals surface area contributed by atoms with Crippen LogP contribution in [0.2, 0.25) is 0 Å². The molecule has 0 heterocycles. The third-order valence-corrected chi connectivity index (χ3v) is 2.89. The second-order valence-corrected chi connectivity index (χ2v) is 4.35. The predicted molar refractivity (Wildman–Crippen MR) is 75.3 cm³/mol. The fraction of sp³-hybridized carbons (Fsp3) is 0.133. The van der Waals surface area contributed by atoms with Crippen LogP contribution >= 0.6 is 0 Å². The van der Waals surface area contributed by atoms with E-state index in [0.29, 0.717) is 6.29 Å². The number of aromatic hydroxyl groups is 1. The zero-order valence-corrected chi connectivity index (χ0v) is 11.1. The van der Waals surface area contributed by atoms with Gasteiger partial charge in [0, 0.05) is 12.0 Å². The molecular formula is C15H13NO5. The average Bonchev–Trinajstić information content (AvgIpc) is 2.49. The van der Waals surface area contributed by atoms with E-state index in [1.807, 2.05) is 30.3 Å². The van der Waals surface area contributed by atoms with Crippen LogP contribution in [0.4, 0.5) is 5.69 Å². The third-order valence-electron chi connectivity index (χ3n) is 2.89. The Morgan fingerprint density at radius 1 is 1.24 bits per heavy atom. The third kappa shape index (κ3) is 3.56. The number of nitro benzene ring substituents is 1. The first-order valence-electron chi connectivity index (χ1n) is 6.22. The van der Waals surface area contributed by atoms with Crippen LogP contribution in [0, 0.1) is 10.1 Å². The van der Waals surface area contributed by atoms with Gasteiger partial charge >= 0.3 is 5.69 Å². The zero-order valence-electron chi connectivity index (χ0n) is 11.1. The summed E-state index contributed by atoms with van der Waals surface area (Å²) < 4.78 is 5.49. The Kier molecular flexibility index (Phi) is 4.50. The number of ether oxygens (including phenoxy) is 1. The number of carbonyl (C=O) groups is 1. The van der Waals surface area contributed by atoms with Crippen molar-refractivity contribution < 1.29 is 19.6 Å². The van der Waals surface area contributed by atoms with Crippen LogP contribution in [0.15, 0.2) is 42.5 Å². The van der Waals surface area contributed by atoms with Gasteiger partial charge in [-0.2, -0.15) is 0 Å². The van der Waals surface area contributed by atoms with Gasteiger partial charge in [0.05, 0.1) is 11.0 Å². The Balaban J connectivity index is 2.26. The van der Waals surface area contributed by atoms with Crippen molar-refractivity contribution in [2.24, 2.45) is 0 Å². The number of hydrogen-bond donors (Lipinski definition) is 1. The first-order valence-corrected chi connectivity index (χ1v) is 6.22. The largest absolute Gasteiger partial charge is 0.502 e. The lowest BCUT2D eigenvalue weighted by Crippen LogP contribution is -1.99. The summed E-state index contributed by atoms with van der Waals surface area (Å²) in [6.45, 7) is 0.239. The molecule has 0 radical (unpaired) electrons. The molecule has 0 aromatic heterocycles. The number of nitrogens with zero attached hydrogens (tertiary/aromatic N) is 1. The molecule has 0 unspecified atom stereocenters. The molecule has 0 saturated carbocycles. The van der Waals surface area contributed by atoms with E-state index in [1.165, 1.54) is 6.07 Å². The highest BCUT2D eigenvalue weighted by molar-refractivity contribution is 5.63. The van der Waals surface area contributed by atoms with Crippen molar-refractivity contribution in [1.82, 2.24) is 0 Å². The maximum Gasteiger partial charge on any atom is 0.314 e. The Morgan fingerprint density at radius 3 is 2.57 bits per heavy atom. The number of carbonyl (C=O) groups excluding carboxylic acids is 1. The molecule has 2 aromatic rings. The summed E-state index contributed by atoms with van der Waals surface area (Å²) in [6.07, 6.45) is 0.453. The predicted octanol–water partition coefficient (Wildman–Crippen LogP) is 2.62. The molecular weight excluding hydrogens is 274 g/mol. The van der Waals surface area contributed by atoms with Crippen molar-refractivity contribution in [2.45, 2.75) is 13.0 Å². The minimum atomic E-state index is -0.709. The monoisotopic (exact) mass is 287 g/mol. The highest BCUT2D eigenvalue weighted by Gasteiger charge is 2.19. The lowest BCUT2D eigenvalue weighted by atomic mass is 10.1. The van der Waals surface area contributed by atoms with Crippen LogP contribution < -0.4 is 4.74 Å². The van der Waals surface area contributed by atoms with Gasteiger partial charge in [-0.05, 0) is 11.6 Å². The van der Waals surface area contributed by atoms with Crippen molar-refractivity contribution in [3.8, 4) is 11.5 Å². The number of nitro groups is 1. The Morgan fingerprint density at radius 2 is 1.95 bits per heavy atom. The van der Waals surface area contributed by atoms with Gasteiger partial charge in [0.25, 0.3) is 0 Å². The SMILES string of the molecule is O=CCc1cc(OCc2ccccc2)cc([N+](=O)[O-])c1O. The van der Waals surface area contributed by atoms with Crippen molar-refractivity contribution in [1.29, 1.82) is 0 Å². The molecule has 6 nitrogen and oxygen atoms in total. The van der Waals surface area contributed by atoms with E-state index in [1.54, 1.807) is 0 Å². The van der Waals surface area contributed by atoms with E-state index >= 15 is 0 Å². The molecule has 6 heteroatoms. The summed E-state index contributed by atoms with van der Waals surface area (Å²) in [7, 11) is 0.